The molecule has 176 valence electrons. The second-order valence-corrected chi connectivity index (χ2v) is 8.28. The van der Waals surface area contributed by atoms with Gasteiger partial charge in [-0.3, -0.25) is 14.5 Å². The number of carbonyl (C=O) groups is 2. The topological polar surface area (TPSA) is 89.3 Å². The van der Waals surface area contributed by atoms with Gasteiger partial charge in [0.25, 0.3) is 5.91 Å². The zero-order valence-electron chi connectivity index (χ0n) is 18.6. The number of fused-ring (bicyclic) bond motifs is 2. The highest BCUT2D eigenvalue weighted by Gasteiger charge is 2.42. The lowest BCUT2D eigenvalue weighted by Crippen LogP contribution is -2.42. The summed E-state index contributed by atoms with van der Waals surface area (Å²) in [4.78, 5) is 42.6. The van der Waals surface area contributed by atoms with Gasteiger partial charge in [0.2, 0.25) is 5.76 Å². The summed E-state index contributed by atoms with van der Waals surface area (Å²) in [5.41, 5.74) is 0.886. The second kappa shape index (κ2) is 9.00. The van der Waals surface area contributed by atoms with Crippen molar-refractivity contribution in [1.82, 2.24) is 9.80 Å². The fourth-order valence-electron chi connectivity index (χ4n) is 4.56. The van der Waals surface area contributed by atoms with E-state index >= 15 is 0 Å². The lowest BCUT2D eigenvalue weighted by atomic mass is 9.97. The molecular weight excluding hydrogens is 443 g/mol. The van der Waals surface area contributed by atoms with Gasteiger partial charge in [0.15, 0.2) is 5.43 Å². The molecule has 1 saturated heterocycles. The molecule has 0 saturated carbocycles. The highest BCUT2D eigenvalue weighted by molar-refractivity contribution is 5.99. The van der Waals surface area contributed by atoms with Crippen LogP contribution in [0.15, 0.2) is 51.7 Å². The Bertz CT molecular complexity index is 1310. The minimum Gasteiger partial charge on any atom is -0.465 e. The first-order chi connectivity index (χ1) is 16.5. The van der Waals surface area contributed by atoms with Crippen LogP contribution in [0.4, 0.5) is 4.39 Å². The number of halogens is 1. The number of methoxy groups -OCH3 is 1. The zero-order valence-corrected chi connectivity index (χ0v) is 18.6. The van der Waals surface area contributed by atoms with Crippen LogP contribution in [0.25, 0.3) is 11.0 Å². The number of nitrogens with zero attached hydrogens (tertiary/aromatic N) is 2. The summed E-state index contributed by atoms with van der Waals surface area (Å²) >= 11 is 0. The first-order valence-corrected chi connectivity index (χ1v) is 11.0. The number of rotatable bonds is 5. The summed E-state index contributed by atoms with van der Waals surface area (Å²) in [6, 6.07) is 9.51. The smallest absolute Gasteiger partial charge is 0.337 e. The molecule has 1 atom stereocenters. The van der Waals surface area contributed by atoms with Crippen molar-refractivity contribution >= 4 is 22.8 Å². The van der Waals surface area contributed by atoms with E-state index in [0.29, 0.717) is 37.4 Å². The molecule has 0 spiro atoms. The molecule has 9 heteroatoms. The summed E-state index contributed by atoms with van der Waals surface area (Å²) in [5.74, 6) is -1.48. The third kappa shape index (κ3) is 3.86. The minimum atomic E-state index is -0.723. The van der Waals surface area contributed by atoms with E-state index in [0.717, 1.165) is 19.2 Å². The monoisotopic (exact) mass is 466 g/mol. The maximum absolute atomic E-state index is 13.9. The maximum atomic E-state index is 13.9. The van der Waals surface area contributed by atoms with Crippen molar-refractivity contribution in [2.45, 2.75) is 6.04 Å². The summed E-state index contributed by atoms with van der Waals surface area (Å²) in [6.45, 7) is 3.73. The fraction of sp³-hybridized carbons (Fsp3) is 0.320. The highest BCUT2D eigenvalue weighted by Crippen LogP contribution is 2.38. The van der Waals surface area contributed by atoms with E-state index in [2.05, 4.69) is 4.90 Å². The van der Waals surface area contributed by atoms with Crippen molar-refractivity contribution in [2.75, 3.05) is 46.5 Å². The Morgan fingerprint density at radius 1 is 1.09 bits per heavy atom. The molecule has 0 bridgehead atoms. The molecule has 2 aromatic carbocycles. The third-order valence-electron chi connectivity index (χ3n) is 6.34. The first kappa shape index (κ1) is 22.2. The van der Waals surface area contributed by atoms with Crippen molar-refractivity contribution in [3.8, 4) is 0 Å². The summed E-state index contributed by atoms with van der Waals surface area (Å²) in [7, 11) is 1.30. The number of hydrogen-bond donors (Lipinski definition) is 0. The van der Waals surface area contributed by atoms with Crippen LogP contribution in [0.2, 0.25) is 0 Å². The Balaban J connectivity index is 1.59. The van der Waals surface area contributed by atoms with Gasteiger partial charge < -0.3 is 18.8 Å². The third-order valence-corrected chi connectivity index (χ3v) is 6.34. The molecule has 0 N–H and O–H groups in total. The number of morpholine rings is 1. The standard InChI is InChI=1S/C25H23FN2O6/c1-32-25(31)16-4-2-15(3-5-16)21-20-22(29)18-14-17(26)6-7-19(18)34-23(20)24(30)28(21)9-8-27-10-12-33-13-11-27/h2-7,14,21H,8-13H2,1H3/t21-/m0/s1. The van der Waals surface area contributed by atoms with Crippen LogP contribution < -0.4 is 5.43 Å². The molecule has 3 heterocycles. The van der Waals surface area contributed by atoms with Gasteiger partial charge in [-0.2, -0.15) is 0 Å². The van der Waals surface area contributed by atoms with E-state index in [1.54, 1.807) is 29.2 Å². The van der Waals surface area contributed by atoms with Gasteiger partial charge in [-0.05, 0) is 35.9 Å². The Morgan fingerprint density at radius 3 is 2.53 bits per heavy atom. The molecule has 1 aromatic heterocycles. The van der Waals surface area contributed by atoms with Crippen molar-refractivity contribution < 1.29 is 27.9 Å². The molecule has 0 unspecified atom stereocenters. The quantitative estimate of drug-likeness (QED) is 0.534. The molecule has 2 aliphatic heterocycles. The largest absolute Gasteiger partial charge is 0.465 e. The SMILES string of the molecule is COC(=O)c1ccc([C@H]2c3c(oc4ccc(F)cc4c3=O)C(=O)N2CCN2CCOCC2)cc1. The molecule has 5 rings (SSSR count). The Hall–Kier alpha value is -3.56. The maximum Gasteiger partial charge on any atom is 0.337 e. The van der Waals surface area contributed by atoms with Crippen LogP contribution >= 0.6 is 0 Å². The van der Waals surface area contributed by atoms with Gasteiger partial charge in [0.1, 0.15) is 11.4 Å². The van der Waals surface area contributed by atoms with Crippen molar-refractivity contribution in [3.63, 3.8) is 0 Å². The second-order valence-electron chi connectivity index (χ2n) is 8.28. The molecule has 1 amide bonds. The number of benzene rings is 2. The lowest BCUT2D eigenvalue weighted by molar-refractivity contribution is 0.0314. The predicted octanol–water partition coefficient (Wildman–Crippen LogP) is 2.60. The number of ether oxygens (including phenoxy) is 2. The van der Waals surface area contributed by atoms with Crippen molar-refractivity contribution in [3.05, 3.63) is 81.0 Å². The fourth-order valence-corrected chi connectivity index (χ4v) is 4.56. The van der Waals surface area contributed by atoms with E-state index in [1.165, 1.54) is 19.2 Å². The molecule has 3 aromatic rings. The summed E-state index contributed by atoms with van der Waals surface area (Å²) < 4.78 is 29.9. The van der Waals surface area contributed by atoms with Gasteiger partial charge in [-0.25, -0.2) is 9.18 Å². The van der Waals surface area contributed by atoms with E-state index in [-0.39, 0.29) is 22.3 Å². The van der Waals surface area contributed by atoms with Gasteiger partial charge in [0.05, 0.1) is 42.9 Å². The summed E-state index contributed by atoms with van der Waals surface area (Å²) in [5, 5.41) is 0.0813. The van der Waals surface area contributed by atoms with E-state index in [9.17, 15) is 18.8 Å². The Kier molecular flexibility index (Phi) is 5.89. The van der Waals surface area contributed by atoms with Crippen LogP contribution in [-0.2, 0) is 9.47 Å². The van der Waals surface area contributed by atoms with Crippen LogP contribution in [0, 0.1) is 5.82 Å². The lowest BCUT2D eigenvalue weighted by Gasteiger charge is -2.31. The molecule has 2 aliphatic rings. The normalized spacial score (nSPS) is 18.4. The zero-order chi connectivity index (χ0) is 23.8. The van der Waals surface area contributed by atoms with E-state index in [4.69, 9.17) is 13.9 Å². The minimum absolute atomic E-state index is 0.0341. The van der Waals surface area contributed by atoms with Crippen LogP contribution in [0.5, 0.6) is 0 Å². The van der Waals surface area contributed by atoms with E-state index < -0.39 is 29.2 Å². The summed E-state index contributed by atoms with van der Waals surface area (Å²) in [6.07, 6.45) is 0. The van der Waals surface area contributed by atoms with Crippen LogP contribution in [-0.4, -0.2) is 68.2 Å². The van der Waals surface area contributed by atoms with Crippen LogP contribution in [0.1, 0.15) is 38.1 Å². The number of esters is 1. The Morgan fingerprint density at radius 2 is 1.82 bits per heavy atom. The van der Waals surface area contributed by atoms with Crippen molar-refractivity contribution in [2.24, 2.45) is 0 Å². The number of carbonyl (C=O) groups excluding carboxylic acids is 2. The van der Waals surface area contributed by atoms with Gasteiger partial charge in [-0.15, -0.1) is 0 Å². The van der Waals surface area contributed by atoms with Crippen molar-refractivity contribution in [1.29, 1.82) is 0 Å². The first-order valence-electron chi connectivity index (χ1n) is 11.0. The number of hydrogen-bond acceptors (Lipinski definition) is 7. The van der Waals surface area contributed by atoms with Gasteiger partial charge >= 0.3 is 5.97 Å². The van der Waals surface area contributed by atoms with Gasteiger partial charge in [-0.1, -0.05) is 12.1 Å². The predicted molar refractivity (Wildman–Crippen MR) is 120 cm³/mol. The molecule has 1 fully saturated rings. The van der Waals surface area contributed by atoms with Gasteiger partial charge in [0, 0.05) is 26.2 Å². The Labute approximate surface area is 194 Å². The average Bonchev–Trinajstić information content (AvgIpc) is 3.15. The highest BCUT2D eigenvalue weighted by atomic mass is 19.1. The average molecular weight is 466 g/mol. The van der Waals surface area contributed by atoms with Crippen LogP contribution in [0.3, 0.4) is 0 Å². The number of amides is 1. The molecular formula is C25H23FN2O6. The van der Waals surface area contributed by atoms with E-state index in [1.807, 2.05) is 0 Å². The molecule has 8 nitrogen and oxygen atoms in total. The molecule has 34 heavy (non-hydrogen) atoms. The molecule has 0 aliphatic carbocycles. The molecule has 0 radical (unpaired) electrons.